The number of aromatic nitrogens is 1. The van der Waals surface area contributed by atoms with Gasteiger partial charge in [-0.15, -0.1) is 0 Å². The molecule has 4 aromatic rings. The number of carbonyl (C=O) groups excluding carboxylic acids is 1. The number of carbonyl (C=O) groups is 1. The van der Waals surface area contributed by atoms with Gasteiger partial charge in [-0.3, -0.25) is 9.52 Å². The van der Waals surface area contributed by atoms with E-state index in [1.54, 1.807) is 31.2 Å². The largest absolute Gasteiger partial charge is 0.506 e. The summed E-state index contributed by atoms with van der Waals surface area (Å²) in [5.74, 6) is -0.333. The van der Waals surface area contributed by atoms with Crippen molar-refractivity contribution in [3.05, 3.63) is 84.1 Å². The number of sulfonamides is 2. The van der Waals surface area contributed by atoms with Gasteiger partial charge in [0, 0.05) is 36.9 Å². The number of piperidine rings is 1. The van der Waals surface area contributed by atoms with Gasteiger partial charge in [0.25, 0.3) is 0 Å². The van der Waals surface area contributed by atoms with Gasteiger partial charge in [-0.2, -0.15) is 4.31 Å². The molecule has 3 aromatic carbocycles. The van der Waals surface area contributed by atoms with E-state index in [-0.39, 0.29) is 41.2 Å². The van der Waals surface area contributed by atoms with E-state index >= 15 is 0 Å². The highest BCUT2D eigenvalue weighted by atomic mass is 32.2. The Kier molecular flexibility index (Phi) is 10.6. The SMILES string of the molecule is CCOC(=O)Cc1cn(-c2ccc(S(=O)(=O)N3CCC(CNC[C@@H](O)c4ccc(O)c(NS(C)(=O)=O)c4)CC3)cc2)c2ccccc12. The minimum atomic E-state index is -3.70. The van der Waals surface area contributed by atoms with Gasteiger partial charge in [0.15, 0.2) is 0 Å². The number of esters is 1. The van der Waals surface area contributed by atoms with E-state index in [1.165, 1.54) is 22.5 Å². The molecule has 1 fully saturated rings. The number of aliphatic hydroxyl groups excluding tert-OH is 1. The van der Waals surface area contributed by atoms with Crippen molar-refractivity contribution in [2.75, 3.05) is 43.8 Å². The zero-order valence-corrected chi connectivity index (χ0v) is 27.9. The smallest absolute Gasteiger partial charge is 0.310 e. The molecule has 1 atom stereocenters. The Balaban J connectivity index is 1.16. The molecule has 0 radical (unpaired) electrons. The normalized spacial score (nSPS) is 15.5. The van der Waals surface area contributed by atoms with Gasteiger partial charge in [-0.25, -0.2) is 16.8 Å². The van der Waals surface area contributed by atoms with Crippen molar-refractivity contribution in [1.29, 1.82) is 0 Å². The van der Waals surface area contributed by atoms with Crippen LogP contribution in [0.3, 0.4) is 0 Å². The fraction of sp³-hybridized carbons (Fsp3) is 0.364. The second kappa shape index (κ2) is 14.4. The number of rotatable bonds is 13. The van der Waals surface area contributed by atoms with Crippen LogP contribution in [0, 0.1) is 5.92 Å². The summed E-state index contributed by atoms with van der Waals surface area (Å²) in [4.78, 5) is 12.4. The van der Waals surface area contributed by atoms with Crippen LogP contribution in [0.15, 0.2) is 77.8 Å². The van der Waals surface area contributed by atoms with Crippen LogP contribution in [0.2, 0.25) is 0 Å². The lowest BCUT2D eigenvalue weighted by molar-refractivity contribution is -0.142. The predicted molar refractivity (Wildman–Crippen MR) is 179 cm³/mol. The lowest BCUT2D eigenvalue weighted by atomic mass is 9.98. The van der Waals surface area contributed by atoms with Crippen LogP contribution in [0.25, 0.3) is 16.6 Å². The lowest BCUT2D eigenvalue weighted by Gasteiger charge is -2.31. The van der Waals surface area contributed by atoms with Crippen molar-refractivity contribution in [3.8, 4) is 11.4 Å². The molecule has 1 aromatic heterocycles. The van der Waals surface area contributed by atoms with Crippen LogP contribution < -0.4 is 10.0 Å². The molecule has 2 heterocycles. The number of hydrogen-bond donors (Lipinski definition) is 4. The van der Waals surface area contributed by atoms with Crippen molar-refractivity contribution in [2.45, 2.75) is 37.2 Å². The summed E-state index contributed by atoms with van der Waals surface area (Å²) in [5.41, 5.74) is 2.94. The van der Waals surface area contributed by atoms with E-state index in [4.69, 9.17) is 4.74 Å². The number of fused-ring (bicyclic) bond motifs is 1. The topological polar surface area (TPSA) is 167 Å². The molecular weight excluding hydrogens is 645 g/mol. The lowest BCUT2D eigenvalue weighted by Crippen LogP contribution is -2.41. The van der Waals surface area contributed by atoms with Crippen molar-refractivity contribution in [3.63, 3.8) is 0 Å². The summed E-state index contributed by atoms with van der Waals surface area (Å²) in [5, 5.41) is 24.7. The maximum absolute atomic E-state index is 13.5. The van der Waals surface area contributed by atoms with Crippen LogP contribution in [-0.4, -0.2) is 80.9 Å². The number of phenols is 1. The van der Waals surface area contributed by atoms with Crippen molar-refractivity contribution in [1.82, 2.24) is 14.2 Å². The van der Waals surface area contributed by atoms with E-state index in [2.05, 4.69) is 10.0 Å². The first-order valence-electron chi connectivity index (χ1n) is 15.4. The molecule has 1 aliphatic rings. The highest BCUT2D eigenvalue weighted by molar-refractivity contribution is 7.92. The Bertz CT molecular complexity index is 1930. The zero-order chi connectivity index (χ0) is 33.8. The average Bonchev–Trinajstić information content (AvgIpc) is 3.40. The van der Waals surface area contributed by atoms with Gasteiger partial charge in [0.1, 0.15) is 5.75 Å². The van der Waals surface area contributed by atoms with Gasteiger partial charge in [0.05, 0.1) is 41.5 Å². The molecule has 1 aliphatic heterocycles. The number of nitrogens with one attached hydrogen (secondary N) is 2. The number of anilines is 1. The molecule has 0 amide bonds. The third kappa shape index (κ3) is 8.32. The van der Waals surface area contributed by atoms with Crippen molar-refractivity contribution >= 4 is 42.6 Å². The number of para-hydroxylation sites is 1. The number of aromatic hydroxyl groups is 1. The minimum absolute atomic E-state index is 0.00865. The Morgan fingerprint density at radius 3 is 2.40 bits per heavy atom. The fourth-order valence-electron chi connectivity index (χ4n) is 5.84. The number of nitrogens with zero attached hydrogens (tertiary/aromatic N) is 2. The summed E-state index contributed by atoms with van der Waals surface area (Å²) < 4.78 is 60.9. The summed E-state index contributed by atoms with van der Waals surface area (Å²) in [6, 6.07) is 18.7. The molecule has 0 spiro atoms. The molecule has 47 heavy (non-hydrogen) atoms. The third-order valence-electron chi connectivity index (χ3n) is 8.23. The molecule has 0 aliphatic carbocycles. The second-order valence-electron chi connectivity index (χ2n) is 11.7. The number of ether oxygens (including phenoxy) is 1. The number of hydrogen-bond acceptors (Lipinski definition) is 9. The Labute approximate surface area is 275 Å². The molecule has 0 bridgehead atoms. The summed E-state index contributed by atoms with van der Waals surface area (Å²) in [7, 11) is -7.30. The molecule has 14 heteroatoms. The Morgan fingerprint density at radius 1 is 1.02 bits per heavy atom. The highest BCUT2D eigenvalue weighted by Crippen LogP contribution is 2.30. The molecule has 5 rings (SSSR count). The number of phenolic OH excluding ortho intramolecular Hbond substituents is 1. The van der Waals surface area contributed by atoms with Crippen LogP contribution in [0.1, 0.15) is 37.0 Å². The maximum Gasteiger partial charge on any atom is 0.310 e. The van der Waals surface area contributed by atoms with Gasteiger partial charge >= 0.3 is 5.97 Å². The first-order valence-corrected chi connectivity index (χ1v) is 18.7. The highest BCUT2D eigenvalue weighted by Gasteiger charge is 2.29. The molecule has 4 N–H and O–H groups in total. The van der Waals surface area contributed by atoms with Crippen LogP contribution >= 0.6 is 0 Å². The second-order valence-corrected chi connectivity index (χ2v) is 15.4. The first-order chi connectivity index (χ1) is 22.4. The van der Waals surface area contributed by atoms with E-state index < -0.39 is 26.2 Å². The fourth-order valence-corrected chi connectivity index (χ4v) is 7.87. The first kappa shape index (κ1) is 34.4. The molecule has 252 valence electrons. The van der Waals surface area contributed by atoms with Crippen LogP contribution in [0.4, 0.5) is 5.69 Å². The third-order valence-corrected chi connectivity index (χ3v) is 10.7. The maximum atomic E-state index is 13.5. The van der Waals surface area contributed by atoms with Crippen molar-refractivity contribution in [2.24, 2.45) is 5.92 Å². The summed E-state index contributed by atoms with van der Waals surface area (Å²) in [6.45, 7) is 3.61. The van der Waals surface area contributed by atoms with Gasteiger partial charge in [-0.05, 0) is 85.8 Å². The minimum Gasteiger partial charge on any atom is -0.506 e. The van der Waals surface area contributed by atoms with E-state index in [1.807, 2.05) is 35.0 Å². The van der Waals surface area contributed by atoms with Gasteiger partial charge in [0.2, 0.25) is 20.0 Å². The Morgan fingerprint density at radius 2 is 1.72 bits per heavy atom. The number of aliphatic hydroxyl groups is 1. The molecule has 1 saturated heterocycles. The summed E-state index contributed by atoms with van der Waals surface area (Å²) in [6.07, 6.45) is 3.38. The van der Waals surface area contributed by atoms with E-state index in [9.17, 15) is 31.8 Å². The quantitative estimate of drug-likeness (QED) is 0.122. The van der Waals surface area contributed by atoms with Gasteiger partial charge < -0.3 is 24.8 Å². The van der Waals surface area contributed by atoms with Gasteiger partial charge in [-0.1, -0.05) is 24.3 Å². The monoisotopic (exact) mass is 684 g/mol. The summed E-state index contributed by atoms with van der Waals surface area (Å²) >= 11 is 0. The van der Waals surface area contributed by atoms with Crippen molar-refractivity contribution < 1.29 is 36.6 Å². The molecule has 0 saturated carbocycles. The standard InChI is InChI=1S/C33H40N4O8S2/c1-3-45-33(40)19-25-22-37(30-7-5-4-6-28(25)30)26-9-11-27(12-10-26)47(43,44)36-16-14-23(15-17-36)20-34-21-32(39)24-8-13-31(38)29(18-24)35-46(2,41)42/h4-13,18,22-23,32,34-35,38-39H,3,14-17,19-21H2,1-2H3/t32-/m1/s1. The zero-order valence-electron chi connectivity index (χ0n) is 26.3. The molecular formula is C33H40N4O8S2. The molecule has 12 nitrogen and oxygen atoms in total. The van der Waals surface area contributed by atoms with E-state index in [0.717, 1.165) is 28.4 Å². The van der Waals surface area contributed by atoms with Crippen LogP contribution in [-0.2, 0) is 36.0 Å². The Hall–Kier alpha value is -3.95. The average molecular weight is 685 g/mol. The van der Waals surface area contributed by atoms with E-state index in [0.29, 0.717) is 44.6 Å². The number of benzene rings is 3. The predicted octanol–water partition coefficient (Wildman–Crippen LogP) is 3.54. The van der Waals surface area contributed by atoms with Crippen LogP contribution in [0.5, 0.6) is 5.75 Å². The molecule has 0 unspecified atom stereocenters.